The summed E-state index contributed by atoms with van der Waals surface area (Å²) in [4.78, 5) is 2.33. The van der Waals surface area contributed by atoms with Crippen LogP contribution in [0.15, 0.2) is 65.1 Å². The molecule has 2 heterocycles. The molecule has 128 valence electrons. The average Bonchev–Trinajstić information content (AvgIpc) is 3.15. The van der Waals surface area contributed by atoms with Crippen molar-refractivity contribution in [3.63, 3.8) is 0 Å². The van der Waals surface area contributed by atoms with E-state index in [0.717, 1.165) is 60.4 Å². The van der Waals surface area contributed by atoms with E-state index in [2.05, 4.69) is 23.1 Å². The lowest BCUT2D eigenvalue weighted by Crippen LogP contribution is -2.36. The van der Waals surface area contributed by atoms with Gasteiger partial charge in [0, 0.05) is 30.3 Å². The number of methoxy groups -OCH3 is 1. The summed E-state index contributed by atoms with van der Waals surface area (Å²) in [5.41, 5.74) is 3.24. The van der Waals surface area contributed by atoms with E-state index < -0.39 is 0 Å². The maximum Gasteiger partial charge on any atom is 0.158 e. The van der Waals surface area contributed by atoms with Crippen molar-refractivity contribution < 1.29 is 13.9 Å². The molecule has 4 heteroatoms. The molecule has 0 unspecified atom stereocenters. The van der Waals surface area contributed by atoms with Gasteiger partial charge in [-0.1, -0.05) is 30.3 Å². The van der Waals surface area contributed by atoms with Gasteiger partial charge in [0.1, 0.15) is 11.5 Å². The van der Waals surface area contributed by atoms with Gasteiger partial charge in [-0.2, -0.15) is 0 Å². The summed E-state index contributed by atoms with van der Waals surface area (Å²) in [7, 11) is 1.68. The Morgan fingerprint density at radius 3 is 2.28 bits per heavy atom. The van der Waals surface area contributed by atoms with Crippen LogP contribution in [0.4, 0.5) is 5.69 Å². The van der Waals surface area contributed by atoms with Crippen molar-refractivity contribution in [2.45, 2.75) is 0 Å². The number of hydrogen-bond donors (Lipinski definition) is 0. The highest BCUT2D eigenvalue weighted by molar-refractivity contribution is 5.79. The molecule has 4 rings (SSSR count). The molecule has 0 amide bonds. The first-order chi connectivity index (χ1) is 12.3. The third-order valence-corrected chi connectivity index (χ3v) is 4.47. The highest BCUT2D eigenvalue weighted by Gasteiger charge is 2.21. The molecule has 0 atom stereocenters. The van der Waals surface area contributed by atoms with Gasteiger partial charge in [0.05, 0.1) is 26.0 Å². The Hall–Kier alpha value is -2.72. The van der Waals surface area contributed by atoms with Crippen LogP contribution >= 0.6 is 0 Å². The number of ether oxygens (including phenoxy) is 2. The van der Waals surface area contributed by atoms with Crippen LogP contribution in [0.3, 0.4) is 0 Å². The highest BCUT2D eigenvalue weighted by atomic mass is 16.5. The van der Waals surface area contributed by atoms with E-state index in [4.69, 9.17) is 13.9 Å². The van der Waals surface area contributed by atoms with Gasteiger partial charge in [-0.3, -0.25) is 0 Å². The summed E-state index contributed by atoms with van der Waals surface area (Å²) in [6, 6.07) is 20.3. The molecule has 0 N–H and O–H groups in total. The molecular weight excluding hydrogens is 314 g/mol. The maximum absolute atomic E-state index is 6.29. The third-order valence-electron chi connectivity index (χ3n) is 4.47. The molecule has 1 saturated heterocycles. The number of morpholine rings is 1. The molecular formula is C21H21NO3. The topological polar surface area (TPSA) is 34.8 Å². The summed E-state index contributed by atoms with van der Waals surface area (Å²) < 4.78 is 17.1. The fourth-order valence-electron chi connectivity index (χ4n) is 3.11. The van der Waals surface area contributed by atoms with Gasteiger partial charge in [0.25, 0.3) is 0 Å². The first-order valence-electron chi connectivity index (χ1n) is 8.51. The summed E-state index contributed by atoms with van der Waals surface area (Å²) in [5.74, 6) is 2.61. The largest absolute Gasteiger partial charge is 0.497 e. The summed E-state index contributed by atoms with van der Waals surface area (Å²) in [6.07, 6.45) is 0. The van der Waals surface area contributed by atoms with E-state index in [0.29, 0.717) is 0 Å². The second kappa shape index (κ2) is 7.03. The molecule has 4 nitrogen and oxygen atoms in total. The van der Waals surface area contributed by atoms with E-state index in [1.54, 1.807) is 7.11 Å². The van der Waals surface area contributed by atoms with Gasteiger partial charge in [0.2, 0.25) is 0 Å². The monoisotopic (exact) mass is 335 g/mol. The number of hydrogen-bond acceptors (Lipinski definition) is 4. The Kier molecular flexibility index (Phi) is 4.44. The van der Waals surface area contributed by atoms with Crippen molar-refractivity contribution in [2.24, 2.45) is 0 Å². The van der Waals surface area contributed by atoms with Crippen molar-refractivity contribution in [2.75, 3.05) is 38.3 Å². The van der Waals surface area contributed by atoms with E-state index in [-0.39, 0.29) is 0 Å². The normalized spacial score (nSPS) is 14.5. The summed E-state index contributed by atoms with van der Waals surface area (Å²) in [5, 5.41) is 0. The minimum absolute atomic E-state index is 0.744. The first-order valence-corrected chi connectivity index (χ1v) is 8.51. The SMILES string of the molecule is COc1ccc(-c2oc(-c3ccccc3)cc2N2CCOCC2)cc1. The third kappa shape index (κ3) is 3.26. The number of anilines is 1. The molecule has 25 heavy (non-hydrogen) atoms. The van der Waals surface area contributed by atoms with Gasteiger partial charge < -0.3 is 18.8 Å². The smallest absolute Gasteiger partial charge is 0.158 e. The van der Waals surface area contributed by atoms with Crippen LogP contribution in [-0.4, -0.2) is 33.4 Å². The van der Waals surface area contributed by atoms with Crippen LogP contribution in [0.25, 0.3) is 22.6 Å². The zero-order valence-corrected chi connectivity index (χ0v) is 14.3. The quantitative estimate of drug-likeness (QED) is 0.705. The van der Waals surface area contributed by atoms with Crippen LogP contribution in [0.5, 0.6) is 5.75 Å². The molecule has 1 aromatic heterocycles. The lowest BCUT2D eigenvalue weighted by Gasteiger charge is -2.28. The average molecular weight is 335 g/mol. The van der Waals surface area contributed by atoms with Crippen molar-refractivity contribution in [1.82, 2.24) is 0 Å². The second-order valence-electron chi connectivity index (χ2n) is 6.02. The molecule has 0 aliphatic carbocycles. The van der Waals surface area contributed by atoms with Crippen LogP contribution in [0, 0.1) is 0 Å². The minimum Gasteiger partial charge on any atom is -0.497 e. The Morgan fingerprint density at radius 2 is 1.60 bits per heavy atom. The lowest BCUT2D eigenvalue weighted by molar-refractivity contribution is 0.122. The Morgan fingerprint density at radius 1 is 0.880 bits per heavy atom. The minimum atomic E-state index is 0.744. The van der Waals surface area contributed by atoms with Crippen LogP contribution < -0.4 is 9.64 Å². The lowest BCUT2D eigenvalue weighted by atomic mass is 10.1. The molecule has 0 saturated carbocycles. The zero-order valence-electron chi connectivity index (χ0n) is 14.3. The van der Waals surface area contributed by atoms with E-state index in [1.807, 2.05) is 42.5 Å². The summed E-state index contributed by atoms with van der Waals surface area (Å²) in [6.45, 7) is 3.23. The van der Waals surface area contributed by atoms with Crippen LogP contribution in [-0.2, 0) is 4.74 Å². The molecule has 1 aliphatic heterocycles. The first kappa shape index (κ1) is 15.8. The van der Waals surface area contributed by atoms with E-state index in [9.17, 15) is 0 Å². The Balaban J connectivity index is 1.78. The van der Waals surface area contributed by atoms with Crippen molar-refractivity contribution >= 4 is 5.69 Å². The molecule has 2 aromatic carbocycles. The fraction of sp³-hybridized carbons (Fsp3) is 0.238. The van der Waals surface area contributed by atoms with Crippen molar-refractivity contribution in [3.8, 4) is 28.4 Å². The predicted octanol–water partition coefficient (Wildman–Crippen LogP) is 4.46. The molecule has 0 bridgehead atoms. The molecule has 3 aromatic rings. The van der Waals surface area contributed by atoms with E-state index >= 15 is 0 Å². The zero-order chi connectivity index (χ0) is 17.1. The van der Waals surface area contributed by atoms with Crippen molar-refractivity contribution in [1.29, 1.82) is 0 Å². The van der Waals surface area contributed by atoms with Gasteiger partial charge in [0.15, 0.2) is 5.76 Å². The molecule has 0 spiro atoms. The predicted molar refractivity (Wildman–Crippen MR) is 99.2 cm³/mol. The van der Waals surface area contributed by atoms with Gasteiger partial charge in [-0.25, -0.2) is 0 Å². The maximum atomic E-state index is 6.29. The second-order valence-corrected chi connectivity index (χ2v) is 6.02. The summed E-state index contributed by atoms with van der Waals surface area (Å²) >= 11 is 0. The Labute approximate surface area is 147 Å². The van der Waals surface area contributed by atoms with E-state index in [1.165, 1.54) is 0 Å². The Bertz CT molecular complexity index is 818. The van der Waals surface area contributed by atoms with Crippen LogP contribution in [0.1, 0.15) is 0 Å². The van der Waals surface area contributed by atoms with Gasteiger partial charge in [-0.05, 0) is 24.3 Å². The molecule has 0 radical (unpaired) electrons. The number of furan rings is 1. The molecule has 1 fully saturated rings. The number of rotatable bonds is 4. The van der Waals surface area contributed by atoms with Gasteiger partial charge >= 0.3 is 0 Å². The number of nitrogens with zero attached hydrogens (tertiary/aromatic N) is 1. The van der Waals surface area contributed by atoms with Gasteiger partial charge in [-0.15, -0.1) is 0 Å². The van der Waals surface area contributed by atoms with Crippen LogP contribution in [0.2, 0.25) is 0 Å². The van der Waals surface area contributed by atoms with Crippen molar-refractivity contribution in [3.05, 3.63) is 60.7 Å². The standard InChI is InChI=1S/C21H21NO3/c1-23-18-9-7-17(8-10-18)21-19(22-11-13-24-14-12-22)15-20(25-21)16-5-3-2-4-6-16/h2-10,15H,11-14H2,1H3. The molecule has 1 aliphatic rings. The fourth-order valence-corrected chi connectivity index (χ4v) is 3.11. The highest BCUT2D eigenvalue weighted by Crippen LogP contribution is 2.39. The number of benzene rings is 2.